The van der Waals surface area contributed by atoms with Gasteiger partial charge in [0.25, 0.3) is 0 Å². The van der Waals surface area contributed by atoms with Crippen LogP contribution in [0.15, 0.2) is 24.3 Å². The van der Waals surface area contributed by atoms with Crippen molar-refractivity contribution in [2.24, 2.45) is 5.73 Å². The predicted octanol–water partition coefficient (Wildman–Crippen LogP) is 1.99. The van der Waals surface area contributed by atoms with E-state index in [2.05, 4.69) is 5.32 Å². The molecule has 0 unspecified atom stereocenters. The molecule has 0 aliphatic rings. The number of carbonyl (C=O) groups is 1. The minimum atomic E-state index is -0.739. The smallest absolute Gasteiger partial charge is 0.230 e. The van der Waals surface area contributed by atoms with E-state index in [0.29, 0.717) is 18.7 Å². The molecular weight excluding hydrogens is 255 g/mol. The van der Waals surface area contributed by atoms with E-state index in [-0.39, 0.29) is 24.1 Å². The van der Waals surface area contributed by atoms with Crippen LogP contribution in [0.3, 0.4) is 0 Å². The number of carbonyl (C=O) groups excluding carboxylic acids is 1. The third-order valence-electron chi connectivity index (χ3n) is 2.78. The Labute approximate surface area is 113 Å². The van der Waals surface area contributed by atoms with Gasteiger partial charge in [0.15, 0.2) is 0 Å². The number of amides is 1. The van der Waals surface area contributed by atoms with Gasteiger partial charge in [-0.3, -0.25) is 4.79 Å². The lowest BCUT2D eigenvalue weighted by atomic mass is 9.83. The van der Waals surface area contributed by atoms with E-state index < -0.39 is 5.41 Å². The first-order valence-electron chi connectivity index (χ1n) is 5.73. The number of rotatable bonds is 5. The molecule has 1 amide bonds. The number of hydrogen-bond acceptors (Lipinski definition) is 2. The molecule has 0 fully saturated rings. The van der Waals surface area contributed by atoms with E-state index in [1.54, 1.807) is 26.0 Å². The summed E-state index contributed by atoms with van der Waals surface area (Å²) in [7, 11) is 0. The van der Waals surface area contributed by atoms with E-state index in [1.807, 2.05) is 0 Å². The largest absolute Gasteiger partial charge is 0.355 e. The summed E-state index contributed by atoms with van der Waals surface area (Å²) in [6.45, 7) is 4.65. The molecule has 0 radical (unpaired) electrons. The highest BCUT2D eigenvalue weighted by Gasteiger charge is 2.29. The predicted molar refractivity (Wildman–Crippen MR) is 73.4 cm³/mol. The quantitative estimate of drug-likeness (QED) is 0.807. The van der Waals surface area contributed by atoms with Crippen LogP contribution in [0.5, 0.6) is 0 Å². The Kier molecular flexibility index (Phi) is 6.88. The summed E-state index contributed by atoms with van der Waals surface area (Å²) in [6, 6.07) is 6.12. The van der Waals surface area contributed by atoms with Crippen molar-refractivity contribution in [1.29, 1.82) is 0 Å². The molecule has 3 nitrogen and oxygen atoms in total. The molecular formula is C13H20ClFN2O. The highest BCUT2D eigenvalue weighted by atomic mass is 35.5. The SMILES string of the molecule is CC(C)(C(=O)NCCCN)c1cccc(F)c1.Cl. The summed E-state index contributed by atoms with van der Waals surface area (Å²) >= 11 is 0. The molecule has 5 heteroatoms. The van der Waals surface area contributed by atoms with Crippen molar-refractivity contribution in [3.8, 4) is 0 Å². The number of benzene rings is 1. The topological polar surface area (TPSA) is 55.1 Å². The molecule has 0 bridgehead atoms. The maximum absolute atomic E-state index is 13.1. The Bertz CT molecular complexity index is 396. The van der Waals surface area contributed by atoms with Crippen LogP contribution in [0, 0.1) is 5.82 Å². The molecule has 3 N–H and O–H groups in total. The summed E-state index contributed by atoms with van der Waals surface area (Å²) in [5.74, 6) is -0.443. The average molecular weight is 275 g/mol. The van der Waals surface area contributed by atoms with Crippen LogP contribution in [-0.2, 0) is 10.2 Å². The zero-order valence-corrected chi connectivity index (χ0v) is 11.5. The molecule has 0 aliphatic heterocycles. The molecule has 1 aromatic carbocycles. The fourth-order valence-corrected chi connectivity index (χ4v) is 1.53. The second-order valence-corrected chi connectivity index (χ2v) is 4.53. The zero-order valence-electron chi connectivity index (χ0n) is 10.7. The molecule has 1 rings (SSSR count). The Balaban J connectivity index is 0.00000289. The lowest BCUT2D eigenvalue weighted by Crippen LogP contribution is -2.40. The molecule has 0 aromatic heterocycles. The first-order valence-corrected chi connectivity index (χ1v) is 5.73. The van der Waals surface area contributed by atoms with Crippen molar-refractivity contribution in [2.75, 3.05) is 13.1 Å². The second kappa shape index (κ2) is 7.34. The number of halogens is 2. The summed E-state index contributed by atoms with van der Waals surface area (Å²) in [4.78, 5) is 12.0. The lowest BCUT2D eigenvalue weighted by molar-refractivity contribution is -0.125. The minimum Gasteiger partial charge on any atom is -0.355 e. The summed E-state index contributed by atoms with van der Waals surface area (Å²) in [6.07, 6.45) is 0.741. The summed E-state index contributed by atoms with van der Waals surface area (Å²) < 4.78 is 13.1. The minimum absolute atomic E-state index is 0. The van der Waals surface area contributed by atoms with E-state index in [4.69, 9.17) is 5.73 Å². The van der Waals surface area contributed by atoms with Gasteiger partial charge in [-0.2, -0.15) is 0 Å². The van der Waals surface area contributed by atoms with Gasteiger partial charge < -0.3 is 11.1 Å². The molecule has 1 aromatic rings. The van der Waals surface area contributed by atoms with Crippen LogP contribution >= 0.6 is 12.4 Å². The van der Waals surface area contributed by atoms with Gasteiger partial charge in [0, 0.05) is 6.54 Å². The molecule has 0 heterocycles. The van der Waals surface area contributed by atoms with E-state index in [1.165, 1.54) is 12.1 Å². The Hall–Kier alpha value is -1.13. The maximum atomic E-state index is 13.1. The highest BCUT2D eigenvalue weighted by molar-refractivity contribution is 5.87. The van der Waals surface area contributed by atoms with Gasteiger partial charge in [-0.05, 0) is 44.5 Å². The molecule has 0 spiro atoms. The van der Waals surface area contributed by atoms with Crippen molar-refractivity contribution < 1.29 is 9.18 Å². The standard InChI is InChI=1S/C13H19FN2O.ClH/c1-13(2,12(17)16-8-4-7-15)10-5-3-6-11(14)9-10;/h3,5-6,9H,4,7-8,15H2,1-2H3,(H,16,17);1H. The van der Waals surface area contributed by atoms with Crippen LogP contribution in [0.1, 0.15) is 25.8 Å². The van der Waals surface area contributed by atoms with Crippen molar-refractivity contribution in [3.63, 3.8) is 0 Å². The number of nitrogens with one attached hydrogen (secondary N) is 1. The van der Waals surface area contributed by atoms with Crippen molar-refractivity contribution in [1.82, 2.24) is 5.32 Å². The molecule has 18 heavy (non-hydrogen) atoms. The van der Waals surface area contributed by atoms with Gasteiger partial charge in [-0.25, -0.2) is 4.39 Å². The summed E-state index contributed by atoms with van der Waals surface area (Å²) in [5.41, 5.74) is 5.28. The average Bonchev–Trinajstić information content (AvgIpc) is 2.29. The van der Waals surface area contributed by atoms with Gasteiger partial charge in [-0.1, -0.05) is 12.1 Å². The van der Waals surface area contributed by atoms with Crippen molar-refractivity contribution in [3.05, 3.63) is 35.6 Å². The van der Waals surface area contributed by atoms with Gasteiger partial charge >= 0.3 is 0 Å². The van der Waals surface area contributed by atoms with Crippen LogP contribution in [0.25, 0.3) is 0 Å². The van der Waals surface area contributed by atoms with Gasteiger partial charge in [0.2, 0.25) is 5.91 Å². The fraction of sp³-hybridized carbons (Fsp3) is 0.462. The molecule has 0 atom stereocenters. The Morgan fingerprint density at radius 2 is 2.11 bits per heavy atom. The molecule has 0 aliphatic carbocycles. The zero-order chi connectivity index (χ0) is 12.9. The summed E-state index contributed by atoms with van der Waals surface area (Å²) in [5, 5.41) is 2.80. The van der Waals surface area contributed by atoms with E-state index >= 15 is 0 Å². The highest BCUT2D eigenvalue weighted by Crippen LogP contribution is 2.23. The normalized spacial score (nSPS) is 10.7. The van der Waals surface area contributed by atoms with Crippen molar-refractivity contribution in [2.45, 2.75) is 25.7 Å². The van der Waals surface area contributed by atoms with Crippen LogP contribution in [0.2, 0.25) is 0 Å². The third-order valence-corrected chi connectivity index (χ3v) is 2.78. The van der Waals surface area contributed by atoms with Crippen molar-refractivity contribution >= 4 is 18.3 Å². The molecule has 102 valence electrons. The van der Waals surface area contributed by atoms with Gasteiger partial charge in [0.05, 0.1) is 5.41 Å². The first-order chi connectivity index (χ1) is 7.98. The maximum Gasteiger partial charge on any atom is 0.230 e. The van der Waals surface area contributed by atoms with Crippen LogP contribution in [0.4, 0.5) is 4.39 Å². The van der Waals surface area contributed by atoms with Gasteiger partial charge in [-0.15, -0.1) is 12.4 Å². The van der Waals surface area contributed by atoms with Crippen LogP contribution in [-0.4, -0.2) is 19.0 Å². The second-order valence-electron chi connectivity index (χ2n) is 4.53. The monoisotopic (exact) mass is 274 g/mol. The number of hydrogen-bond donors (Lipinski definition) is 2. The lowest BCUT2D eigenvalue weighted by Gasteiger charge is -2.24. The van der Waals surface area contributed by atoms with E-state index in [9.17, 15) is 9.18 Å². The number of nitrogens with two attached hydrogens (primary N) is 1. The van der Waals surface area contributed by atoms with Crippen LogP contribution < -0.4 is 11.1 Å². The molecule has 0 saturated heterocycles. The van der Waals surface area contributed by atoms with Gasteiger partial charge in [0.1, 0.15) is 5.82 Å². The Morgan fingerprint density at radius 1 is 1.44 bits per heavy atom. The molecule has 0 saturated carbocycles. The van der Waals surface area contributed by atoms with E-state index in [0.717, 1.165) is 6.42 Å². The third kappa shape index (κ3) is 4.27. The Morgan fingerprint density at radius 3 is 2.67 bits per heavy atom. The fourth-order valence-electron chi connectivity index (χ4n) is 1.53. The first kappa shape index (κ1) is 16.9.